The fraction of sp³-hybridized carbons (Fsp3) is 0.308. The molecule has 0 bridgehead atoms. The van der Waals surface area contributed by atoms with Gasteiger partial charge in [-0.25, -0.2) is 4.68 Å². The molecule has 2 aromatic carbocycles. The van der Waals surface area contributed by atoms with Gasteiger partial charge in [0.2, 0.25) is 0 Å². The van der Waals surface area contributed by atoms with Crippen molar-refractivity contribution in [2.45, 2.75) is 39.5 Å². The van der Waals surface area contributed by atoms with Crippen LogP contribution >= 0.6 is 0 Å². The highest BCUT2D eigenvalue weighted by Crippen LogP contribution is 2.48. The lowest BCUT2D eigenvalue weighted by atomic mass is 9.69. The Labute approximate surface area is 191 Å². The zero-order valence-electron chi connectivity index (χ0n) is 18.9. The summed E-state index contributed by atoms with van der Waals surface area (Å²) in [7, 11) is 0. The van der Waals surface area contributed by atoms with Gasteiger partial charge in [0.15, 0.2) is 17.3 Å². The molecule has 7 nitrogen and oxygen atoms in total. The molecular weight excluding hydrogens is 418 g/mol. The Morgan fingerprint density at radius 2 is 1.88 bits per heavy atom. The van der Waals surface area contributed by atoms with Crippen molar-refractivity contribution in [2.24, 2.45) is 5.41 Å². The number of aromatic nitrogens is 2. The first-order valence-electron chi connectivity index (χ1n) is 11.2. The highest BCUT2D eigenvalue weighted by Gasteiger charge is 2.43. The molecule has 0 spiro atoms. The van der Waals surface area contributed by atoms with Crippen LogP contribution in [0.15, 0.2) is 64.6 Å². The maximum Gasteiger partial charge on any atom is 0.277 e. The Morgan fingerprint density at radius 1 is 1.12 bits per heavy atom. The van der Waals surface area contributed by atoms with Gasteiger partial charge in [0.05, 0.1) is 17.9 Å². The minimum absolute atomic E-state index is 0.0239. The van der Waals surface area contributed by atoms with Crippen molar-refractivity contribution in [1.29, 1.82) is 0 Å². The van der Waals surface area contributed by atoms with Crippen LogP contribution in [0.4, 0.5) is 5.82 Å². The second kappa shape index (κ2) is 7.69. The Balaban J connectivity index is 1.74. The van der Waals surface area contributed by atoms with Crippen molar-refractivity contribution in [1.82, 2.24) is 9.78 Å². The molecule has 0 fully saturated rings. The van der Waals surface area contributed by atoms with Gasteiger partial charge in [0.25, 0.3) is 5.56 Å². The molecule has 2 heterocycles. The third-order valence-electron chi connectivity index (χ3n) is 6.33. The molecule has 7 heteroatoms. The molecule has 0 saturated heterocycles. The van der Waals surface area contributed by atoms with Gasteiger partial charge >= 0.3 is 0 Å². The van der Waals surface area contributed by atoms with E-state index in [1.165, 1.54) is 4.68 Å². The number of phenols is 1. The molecule has 2 aliphatic rings. The third-order valence-corrected chi connectivity index (χ3v) is 6.33. The number of allylic oxidation sites excluding steroid dienone is 2. The molecule has 33 heavy (non-hydrogen) atoms. The molecule has 0 saturated carbocycles. The largest absolute Gasteiger partial charge is 0.504 e. The Bertz CT molecular complexity index is 1330. The smallest absolute Gasteiger partial charge is 0.277 e. The van der Waals surface area contributed by atoms with E-state index in [4.69, 9.17) is 4.74 Å². The number of rotatable bonds is 4. The first-order valence-corrected chi connectivity index (χ1v) is 11.2. The van der Waals surface area contributed by atoms with Gasteiger partial charge in [-0.15, -0.1) is 0 Å². The summed E-state index contributed by atoms with van der Waals surface area (Å²) in [6.07, 6.45) is 1.10. The number of hydrogen-bond acceptors (Lipinski definition) is 5. The molecule has 5 rings (SSSR count). The van der Waals surface area contributed by atoms with Gasteiger partial charge in [0, 0.05) is 23.6 Å². The zero-order chi connectivity index (χ0) is 23.3. The van der Waals surface area contributed by atoms with Crippen molar-refractivity contribution < 1.29 is 14.6 Å². The van der Waals surface area contributed by atoms with Crippen LogP contribution < -0.4 is 15.6 Å². The molecule has 3 N–H and O–H groups in total. The lowest BCUT2D eigenvalue weighted by molar-refractivity contribution is -0.118. The quantitative estimate of drug-likeness (QED) is 0.551. The average Bonchev–Trinajstić information content (AvgIpc) is 3.10. The van der Waals surface area contributed by atoms with E-state index in [1.807, 2.05) is 37.3 Å². The number of phenolic OH excluding ortho intramolecular Hbond substituents is 1. The molecule has 0 radical (unpaired) electrons. The van der Waals surface area contributed by atoms with Gasteiger partial charge in [-0.05, 0) is 48.6 Å². The number of ketones is 1. The van der Waals surface area contributed by atoms with Gasteiger partial charge < -0.3 is 15.2 Å². The zero-order valence-corrected chi connectivity index (χ0v) is 18.9. The number of H-pyrrole nitrogens is 1. The summed E-state index contributed by atoms with van der Waals surface area (Å²) in [6, 6.07) is 14.4. The highest BCUT2D eigenvalue weighted by molar-refractivity contribution is 6.01. The highest BCUT2D eigenvalue weighted by atomic mass is 16.5. The third kappa shape index (κ3) is 3.53. The van der Waals surface area contributed by atoms with E-state index >= 15 is 0 Å². The summed E-state index contributed by atoms with van der Waals surface area (Å²) < 4.78 is 7.10. The van der Waals surface area contributed by atoms with E-state index in [-0.39, 0.29) is 22.5 Å². The number of hydrogen-bond donors (Lipinski definition) is 3. The van der Waals surface area contributed by atoms with Crippen LogP contribution in [0.3, 0.4) is 0 Å². The fourth-order valence-corrected chi connectivity index (χ4v) is 4.96. The Hall–Kier alpha value is -3.74. The summed E-state index contributed by atoms with van der Waals surface area (Å²) in [5.41, 5.74) is 2.98. The van der Waals surface area contributed by atoms with Crippen LogP contribution in [0, 0.1) is 5.41 Å². The van der Waals surface area contributed by atoms with Gasteiger partial charge in [-0.3, -0.25) is 14.7 Å². The summed E-state index contributed by atoms with van der Waals surface area (Å²) in [6.45, 7) is 6.38. The molecule has 1 aromatic heterocycles. The van der Waals surface area contributed by atoms with E-state index in [2.05, 4.69) is 24.3 Å². The number of benzene rings is 2. The van der Waals surface area contributed by atoms with Crippen LogP contribution in [0.25, 0.3) is 5.69 Å². The van der Waals surface area contributed by atoms with Crippen molar-refractivity contribution in [2.75, 3.05) is 11.9 Å². The number of para-hydroxylation sites is 1. The summed E-state index contributed by atoms with van der Waals surface area (Å²) >= 11 is 0. The van der Waals surface area contributed by atoms with Crippen molar-refractivity contribution in [3.05, 3.63) is 81.3 Å². The molecule has 0 amide bonds. The van der Waals surface area contributed by atoms with Crippen LogP contribution in [-0.2, 0) is 4.79 Å². The second-order valence-electron chi connectivity index (χ2n) is 9.43. The van der Waals surface area contributed by atoms with Crippen molar-refractivity contribution >= 4 is 11.6 Å². The number of aromatic amines is 1. The van der Waals surface area contributed by atoms with E-state index in [1.54, 1.807) is 18.2 Å². The topological polar surface area (TPSA) is 96.4 Å². The molecule has 3 aromatic rings. The number of ether oxygens (including phenoxy) is 1. The van der Waals surface area contributed by atoms with Crippen molar-refractivity contribution in [3.63, 3.8) is 0 Å². The molecule has 1 aliphatic carbocycles. The van der Waals surface area contributed by atoms with Crippen LogP contribution in [0.1, 0.15) is 50.7 Å². The van der Waals surface area contributed by atoms with Crippen LogP contribution in [0.2, 0.25) is 0 Å². The lowest BCUT2D eigenvalue weighted by Crippen LogP contribution is -2.35. The maximum absolute atomic E-state index is 13.7. The Morgan fingerprint density at radius 3 is 2.61 bits per heavy atom. The molecular formula is C26H27N3O4. The summed E-state index contributed by atoms with van der Waals surface area (Å²) in [5, 5.41) is 16.8. The predicted octanol–water partition coefficient (Wildman–Crippen LogP) is 4.47. The number of carbonyl (C=O) groups is 1. The number of fused-ring (bicyclic) bond motifs is 1. The van der Waals surface area contributed by atoms with Crippen molar-refractivity contribution in [3.8, 4) is 17.2 Å². The minimum Gasteiger partial charge on any atom is -0.504 e. The molecule has 1 atom stereocenters. The second-order valence-corrected chi connectivity index (χ2v) is 9.43. The standard InChI is InChI=1S/C26H27N3O4/c1-4-33-20-12-15(10-11-18(20)30)21-22-17(13-26(2,3)14-19(22)31)27-24-23(21)25(32)29(28-24)16-8-6-5-7-9-16/h5-12,21,27-28,30H,4,13-14H2,1-3H3/t21-/m0/s1. The van der Waals surface area contributed by atoms with E-state index in [0.29, 0.717) is 47.8 Å². The number of carbonyl (C=O) groups excluding carboxylic acids is 1. The normalized spacial score (nSPS) is 19.0. The number of nitrogens with one attached hydrogen (secondary N) is 2. The van der Waals surface area contributed by atoms with E-state index in [9.17, 15) is 14.7 Å². The first kappa shape index (κ1) is 21.1. The lowest BCUT2D eigenvalue weighted by Gasteiger charge is -2.37. The summed E-state index contributed by atoms with van der Waals surface area (Å²) in [4.78, 5) is 27.1. The molecule has 0 unspecified atom stereocenters. The predicted molar refractivity (Wildman–Crippen MR) is 126 cm³/mol. The SMILES string of the molecule is CCOc1cc([C@H]2C3=C(CC(C)(C)CC3=O)Nc3[nH]n(-c4ccccc4)c(=O)c32)ccc1O. The van der Waals surface area contributed by atoms with E-state index < -0.39 is 5.92 Å². The van der Waals surface area contributed by atoms with Crippen LogP contribution in [-0.4, -0.2) is 27.3 Å². The fourth-order valence-electron chi connectivity index (χ4n) is 4.96. The van der Waals surface area contributed by atoms with Crippen LogP contribution in [0.5, 0.6) is 11.5 Å². The number of Topliss-reactive ketones (excluding diaryl/α,β-unsaturated/α-hetero) is 1. The maximum atomic E-state index is 13.7. The van der Waals surface area contributed by atoms with E-state index in [0.717, 1.165) is 11.3 Å². The summed E-state index contributed by atoms with van der Waals surface area (Å²) in [5.74, 6) is 0.412. The average molecular weight is 446 g/mol. The van der Waals surface area contributed by atoms with Gasteiger partial charge in [-0.2, -0.15) is 0 Å². The number of anilines is 1. The van der Waals surface area contributed by atoms with Gasteiger partial charge in [0.1, 0.15) is 5.82 Å². The van der Waals surface area contributed by atoms with Gasteiger partial charge in [-0.1, -0.05) is 38.1 Å². The molecule has 170 valence electrons. The first-order chi connectivity index (χ1) is 15.8. The number of aromatic hydroxyl groups is 1. The monoisotopic (exact) mass is 445 g/mol. The Kier molecular flexibility index (Phi) is 4.92. The molecule has 1 aliphatic heterocycles. The minimum atomic E-state index is -0.562. The number of nitrogens with zero attached hydrogens (tertiary/aromatic N) is 1.